The van der Waals surface area contributed by atoms with Crippen molar-refractivity contribution in [2.24, 2.45) is 5.73 Å². The molecule has 4 N–H and O–H groups in total. The van der Waals surface area contributed by atoms with E-state index in [0.717, 1.165) is 6.07 Å². The third-order valence-corrected chi connectivity index (χ3v) is 3.37. The van der Waals surface area contributed by atoms with Gasteiger partial charge in [0.15, 0.2) is 11.6 Å². The number of nitrogens with one attached hydrogen (secondary N) is 2. The molecule has 2 aromatic rings. The van der Waals surface area contributed by atoms with Crippen LogP contribution in [0.5, 0.6) is 0 Å². The fourth-order valence-electron chi connectivity index (χ4n) is 2.10. The highest BCUT2D eigenvalue weighted by atomic mass is 19.2. The van der Waals surface area contributed by atoms with Crippen molar-refractivity contribution in [2.75, 3.05) is 11.9 Å². The average Bonchev–Trinajstić information content (AvgIpc) is 2.58. The van der Waals surface area contributed by atoms with Crippen LogP contribution in [0.4, 0.5) is 23.7 Å². The molecule has 0 fully saturated rings. The molecule has 2 rings (SSSR count). The van der Waals surface area contributed by atoms with E-state index in [2.05, 4.69) is 10.6 Å². The van der Waals surface area contributed by atoms with Gasteiger partial charge in [-0.25, -0.2) is 18.0 Å². The van der Waals surface area contributed by atoms with Gasteiger partial charge in [-0.2, -0.15) is 5.26 Å². The topological polar surface area (TPSA) is 90.9 Å². The number of anilines is 1. The first-order valence-electron chi connectivity index (χ1n) is 7.33. The predicted molar refractivity (Wildman–Crippen MR) is 86.2 cm³/mol. The van der Waals surface area contributed by atoms with Crippen molar-refractivity contribution in [3.8, 4) is 6.07 Å². The summed E-state index contributed by atoms with van der Waals surface area (Å²) in [6.45, 7) is 0.000544. The Morgan fingerprint density at radius 2 is 1.76 bits per heavy atom. The number of carbonyl (C=O) groups excluding carboxylic acids is 1. The molecule has 0 bridgehead atoms. The minimum atomic E-state index is -1.27. The number of nitrogens with zero attached hydrogens (tertiary/aromatic N) is 1. The van der Waals surface area contributed by atoms with E-state index in [1.807, 2.05) is 6.07 Å². The second-order valence-electron chi connectivity index (χ2n) is 5.35. The molecule has 8 heteroatoms. The number of nitriles is 1. The van der Waals surface area contributed by atoms with Crippen LogP contribution in [0.2, 0.25) is 0 Å². The number of halogens is 3. The zero-order valence-electron chi connectivity index (χ0n) is 13.0. The van der Waals surface area contributed by atoms with E-state index in [0.29, 0.717) is 17.3 Å². The van der Waals surface area contributed by atoms with Crippen LogP contribution in [0.1, 0.15) is 11.1 Å². The number of urea groups is 1. The van der Waals surface area contributed by atoms with E-state index in [4.69, 9.17) is 11.0 Å². The monoisotopic (exact) mass is 348 g/mol. The molecule has 0 aliphatic heterocycles. The fourth-order valence-corrected chi connectivity index (χ4v) is 2.10. The number of nitrogens with two attached hydrogens (primary N) is 1. The molecule has 0 radical (unpaired) electrons. The molecule has 25 heavy (non-hydrogen) atoms. The smallest absolute Gasteiger partial charge is 0.319 e. The molecule has 0 spiro atoms. The van der Waals surface area contributed by atoms with E-state index in [9.17, 15) is 18.0 Å². The quantitative estimate of drug-likeness (QED) is 0.726. The van der Waals surface area contributed by atoms with E-state index in [1.165, 1.54) is 0 Å². The number of hydrogen-bond donors (Lipinski definition) is 3. The zero-order chi connectivity index (χ0) is 18.4. The van der Waals surface area contributed by atoms with Crippen LogP contribution in [0.15, 0.2) is 36.4 Å². The van der Waals surface area contributed by atoms with Crippen molar-refractivity contribution in [2.45, 2.75) is 12.5 Å². The summed E-state index contributed by atoms with van der Waals surface area (Å²) in [5.41, 5.74) is 6.65. The first-order chi connectivity index (χ1) is 11.9. The highest BCUT2D eigenvalue weighted by molar-refractivity contribution is 5.89. The Morgan fingerprint density at radius 1 is 1.12 bits per heavy atom. The minimum Gasteiger partial charge on any atom is -0.336 e. The van der Waals surface area contributed by atoms with Gasteiger partial charge in [-0.05, 0) is 42.3 Å². The van der Waals surface area contributed by atoms with Gasteiger partial charge in [-0.3, -0.25) is 0 Å². The number of benzene rings is 2. The molecule has 0 aliphatic carbocycles. The summed E-state index contributed by atoms with van der Waals surface area (Å²) in [4.78, 5) is 11.8. The number of hydrogen-bond acceptors (Lipinski definition) is 3. The van der Waals surface area contributed by atoms with Crippen molar-refractivity contribution in [3.63, 3.8) is 0 Å². The van der Waals surface area contributed by atoms with Crippen molar-refractivity contribution >= 4 is 11.7 Å². The van der Waals surface area contributed by atoms with Crippen LogP contribution in [-0.4, -0.2) is 18.6 Å². The summed E-state index contributed by atoms with van der Waals surface area (Å²) in [7, 11) is 0. The third-order valence-electron chi connectivity index (χ3n) is 3.37. The van der Waals surface area contributed by atoms with Gasteiger partial charge < -0.3 is 16.4 Å². The first-order valence-corrected chi connectivity index (χ1v) is 7.33. The molecule has 0 saturated carbocycles. The van der Waals surface area contributed by atoms with E-state index in [-0.39, 0.29) is 18.5 Å². The van der Waals surface area contributed by atoms with Gasteiger partial charge in [0.2, 0.25) is 0 Å². The lowest BCUT2D eigenvalue weighted by atomic mass is 10.1. The molecule has 0 aliphatic rings. The molecule has 5 nitrogen and oxygen atoms in total. The number of rotatable bonds is 5. The highest BCUT2D eigenvalue weighted by Crippen LogP contribution is 2.15. The van der Waals surface area contributed by atoms with Crippen molar-refractivity contribution in [1.82, 2.24) is 5.32 Å². The molecule has 1 atom stereocenters. The summed E-state index contributed by atoms with van der Waals surface area (Å²) in [6, 6.07) is 8.17. The van der Waals surface area contributed by atoms with Gasteiger partial charge in [0.05, 0.1) is 11.6 Å². The lowest BCUT2D eigenvalue weighted by molar-refractivity contribution is 0.251. The summed E-state index contributed by atoms with van der Waals surface area (Å²) < 4.78 is 39.6. The second kappa shape index (κ2) is 8.17. The molecule has 0 aromatic heterocycles. The van der Waals surface area contributed by atoms with Crippen LogP contribution in [0.25, 0.3) is 0 Å². The normalized spacial score (nSPS) is 11.5. The maximum absolute atomic E-state index is 13.6. The van der Waals surface area contributed by atoms with Crippen LogP contribution in [0, 0.1) is 28.8 Å². The molecule has 0 saturated heterocycles. The zero-order valence-corrected chi connectivity index (χ0v) is 13.0. The summed E-state index contributed by atoms with van der Waals surface area (Å²) >= 11 is 0. The van der Waals surface area contributed by atoms with Gasteiger partial charge in [-0.15, -0.1) is 0 Å². The van der Waals surface area contributed by atoms with Crippen LogP contribution in [-0.2, 0) is 6.42 Å². The first kappa shape index (κ1) is 18.3. The van der Waals surface area contributed by atoms with E-state index >= 15 is 0 Å². The SMILES string of the molecule is N#Cc1ccc(NC(=O)NC[C@@H](N)Cc2cc(F)c(F)cc2F)cc1. The number of amides is 2. The molecule has 0 heterocycles. The Morgan fingerprint density at radius 3 is 2.40 bits per heavy atom. The van der Waals surface area contributed by atoms with E-state index < -0.39 is 29.5 Å². The van der Waals surface area contributed by atoms with Crippen LogP contribution < -0.4 is 16.4 Å². The Kier molecular flexibility index (Phi) is 5.98. The van der Waals surface area contributed by atoms with Gasteiger partial charge >= 0.3 is 6.03 Å². The van der Waals surface area contributed by atoms with Gasteiger partial charge in [0, 0.05) is 24.3 Å². The van der Waals surface area contributed by atoms with Crippen molar-refractivity contribution in [1.29, 1.82) is 5.26 Å². The molecule has 2 aromatic carbocycles. The molecule has 2 amide bonds. The maximum atomic E-state index is 13.6. The van der Waals surface area contributed by atoms with Crippen LogP contribution >= 0.6 is 0 Å². The maximum Gasteiger partial charge on any atom is 0.319 e. The Balaban J connectivity index is 1.85. The predicted octanol–water partition coefficient (Wildman–Crippen LogP) is 2.67. The highest BCUT2D eigenvalue weighted by Gasteiger charge is 2.14. The van der Waals surface area contributed by atoms with Crippen molar-refractivity contribution in [3.05, 3.63) is 65.0 Å². The van der Waals surface area contributed by atoms with Crippen LogP contribution in [0.3, 0.4) is 0 Å². The minimum absolute atomic E-state index is 0.000544. The van der Waals surface area contributed by atoms with Crippen molar-refractivity contribution < 1.29 is 18.0 Å². The van der Waals surface area contributed by atoms with Gasteiger partial charge in [-0.1, -0.05) is 0 Å². The van der Waals surface area contributed by atoms with Gasteiger partial charge in [0.25, 0.3) is 0 Å². The fraction of sp³-hybridized carbons (Fsp3) is 0.176. The summed E-state index contributed by atoms with van der Waals surface area (Å²) in [5.74, 6) is -3.32. The lowest BCUT2D eigenvalue weighted by Gasteiger charge is -2.14. The molecular formula is C17H15F3N4O. The van der Waals surface area contributed by atoms with E-state index in [1.54, 1.807) is 24.3 Å². The second-order valence-corrected chi connectivity index (χ2v) is 5.35. The van der Waals surface area contributed by atoms with Gasteiger partial charge in [0.1, 0.15) is 5.82 Å². The number of carbonyl (C=O) groups is 1. The Hall–Kier alpha value is -3.05. The third kappa shape index (κ3) is 5.22. The summed E-state index contributed by atoms with van der Waals surface area (Å²) in [5, 5.41) is 13.7. The average molecular weight is 348 g/mol. The molecule has 130 valence electrons. The Bertz CT molecular complexity index is 803. The summed E-state index contributed by atoms with van der Waals surface area (Å²) in [6.07, 6.45) is -0.0693. The lowest BCUT2D eigenvalue weighted by Crippen LogP contribution is -2.40. The Labute approximate surface area is 142 Å². The largest absolute Gasteiger partial charge is 0.336 e. The molecular weight excluding hydrogens is 333 g/mol. The molecule has 0 unspecified atom stereocenters. The standard InChI is InChI=1S/C17H15F3N4O/c18-14-7-16(20)15(19)6-11(14)5-12(22)9-23-17(25)24-13-3-1-10(8-21)2-4-13/h1-4,6-7,12H,5,9,22H2,(H2,23,24,25)/t12-/m0/s1.